The van der Waals surface area contributed by atoms with E-state index in [0.717, 1.165) is 43.2 Å². The zero-order valence-electron chi connectivity index (χ0n) is 22.2. The van der Waals surface area contributed by atoms with E-state index >= 15 is 0 Å². The molecule has 1 saturated carbocycles. The number of benzene rings is 1. The molecule has 0 spiro atoms. The van der Waals surface area contributed by atoms with Crippen molar-refractivity contribution in [2.75, 3.05) is 42.9 Å². The fraction of sp³-hybridized carbons (Fsp3) is 0.571. The van der Waals surface area contributed by atoms with Crippen molar-refractivity contribution in [3.05, 3.63) is 47.2 Å². The summed E-state index contributed by atoms with van der Waals surface area (Å²) in [6.45, 7) is 9.82. The third-order valence-electron chi connectivity index (χ3n) is 8.13. The van der Waals surface area contributed by atoms with Gasteiger partial charge in [0.1, 0.15) is 12.4 Å². The Bertz CT molecular complexity index is 1110. The van der Waals surface area contributed by atoms with E-state index in [9.17, 15) is 9.59 Å². The number of amides is 2. The minimum absolute atomic E-state index is 0.00177. The average molecular weight is 507 g/mol. The van der Waals surface area contributed by atoms with Gasteiger partial charge in [0.2, 0.25) is 11.9 Å². The second-order valence-corrected chi connectivity index (χ2v) is 10.5. The maximum Gasteiger partial charge on any atom is 0.415 e. The molecule has 0 bridgehead atoms. The summed E-state index contributed by atoms with van der Waals surface area (Å²) in [6.07, 6.45) is 6.55. The predicted octanol–water partition coefficient (Wildman–Crippen LogP) is 4.52. The van der Waals surface area contributed by atoms with Crippen molar-refractivity contribution in [3.8, 4) is 0 Å². The first-order chi connectivity index (χ1) is 17.9. The third kappa shape index (κ3) is 5.56. The number of fused-ring (bicyclic) bond motifs is 1. The zero-order valence-corrected chi connectivity index (χ0v) is 22.2. The Morgan fingerprint density at radius 3 is 2.46 bits per heavy atom. The molecule has 1 N–H and O–H groups in total. The van der Waals surface area contributed by atoms with E-state index in [0.29, 0.717) is 24.4 Å². The molecule has 2 atom stereocenters. The van der Waals surface area contributed by atoms with Crippen molar-refractivity contribution in [2.45, 2.75) is 65.1 Å². The SMILES string of the molecule is CCN1C(=O)OCc2cnc(N[C@@H](C)c3ccc(C(CC4CCC4)N4CCN(C(C)=O)CC4)cc3)nc21. The highest BCUT2D eigenvalue weighted by atomic mass is 16.6. The van der Waals surface area contributed by atoms with E-state index in [2.05, 4.69) is 51.4 Å². The van der Waals surface area contributed by atoms with E-state index in [4.69, 9.17) is 4.74 Å². The number of ether oxygens (including phenoxy) is 1. The first-order valence-corrected chi connectivity index (χ1v) is 13.6. The lowest BCUT2D eigenvalue weighted by atomic mass is 9.79. The molecule has 2 aromatic rings. The van der Waals surface area contributed by atoms with Crippen LogP contribution < -0.4 is 10.2 Å². The summed E-state index contributed by atoms with van der Waals surface area (Å²) in [5.74, 6) is 2.08. The molecule has 2 aliphatic heterocycles. The summed E-state index contributed by atoms with van der Waals surface area (Å²) >= 11 is 0. The van der Waals surface area contributed by atoms with Crippen LogP contribution in [0.25, 0.3) is 0 Å². The summed E-state index contributed by atoms with van der Waals surface area (Å²) < 4.78 is 5.19. The molecule has 9 heteroatoms. The highest BCUT2D eigenvalue weighted by Gasteiger charge is 2.30. The van der Waals surface area contributed by atoms with Gasteiger partial charge in [-0.05, 0) is 37.3 Å². The zero-order chi connectivity index (χ0) is 25.9. The number of hydrogen-bond acceptors (Lipinski definition) is 7. The van der Waals surface area contributed by atoms with E-state index < -0.39 is 0 Å². The van der Waals surface area contributed by atoms with Crippen LogP contribution in [0.3, 0.4) is 0 Å². The van der Waals surface area contributed by atoms with Crippen LogP contribution in [-0.2, 0) is 16.1 Å². The Morgan fingerprint density at radius 2 is 1.84 bits per heavy atom. The van der Waals surface area contributed by atoms with Crippen LogP contribution in [0.15, 0.2) is 30.5 Å². The van der Waals surface area contributed by atoms with Crippen molar-refractivity contribution in [2.24, 2.45) is 5.92 Å². The number of cyclic esters (lactones) is 1. The molecule has 1 aliphatic carbocycles. The molecule has 1 unspecified atom stereocenters. The number of rotatable bonds is 8. The lowest BCUT2D eigenvalue weighted by Crippen LogP contribution is -2.49. The van der Waals surface area contributed by atoms with Gasteiger partial charge in [-0.15, -0.1) is 0 Å². The van der Waals surface area contributed by atoms with Gasteiger partial charge in [-0.1, -0.05) is 43.5 Å². The number of carbonyl (C=O) groups is 2. The van der Waals surface area contributed by atoms with Crippen LogP contribution >= 0.6 is 0 Å². The Labute approximate surface area is 219 Å². The molecule has 3 heterocycles. The summed E-state index contributed by atoms with van der Waals surface area (Å²) in [6, 6.07) is 9.30. The quantitative estimate of drug-likeness (QED) is 0.563. The number of carbonyl (C=O) groups excluding carboxylic acids is 2. The van der Waals surface area contributed by atoms with Crippen LogP contribution in [-0.4, -0.2) is 64.5 Å². The highest BCUT2D eigenvalue weighted by molar-refractivity contribution is 5.89. The number of hydrogen-bond donors (Lipinski definition) is 1. The predicted molar refractivity (Wildman–Crippen MR) is 142 cm³/mol. The van der Waals surface area contributed by atoms with Crippen molar-refractivity contribution < 1.29 is 14.3 Å². The molecule has 0 radical (unpaired) electrons. The summed E-state index contributed by atoms with van der Waals surface area (Å²) in [7, 11) is 0. The molecule has 1 aromatic carbocycles. The molecule has 198 valence electrons. The van der Waals surface area contributed by atoms with Gasteiger partial charge < -0.3 is 15.0 Å². The largest absolute Gasteiger partial charge is 0.444 e. The molecule has 2 fully saturated rings. The van der Waals surface area contributed by atoms with Gasteiger partial charge in [0.15, 0.2) is 0 Å². The molecule has 3 aliphatic rings. The van der Waals surface area contributed by atoms with Gasteiger partial charge in [-0.3, -0.25) is 14.6 Å². The van der Waals surface area contributed by atoms with Crippen molar-refractivity contribution in [1.82, 2.24) is 19.8 Å². The monoisotopic (exact) mass is 506 g/mol. The van der Waals surface area contributed by atoms with Crippen LogP contribution in [0.4, 0.5) is 16.6 Å². The Morgan fingerprint density at radius 1 is 1.14 bits per heavy atom. The molecule has 37 heavy (non-hydrogen) atoms. The average Bonchev–Trinajstić information content (AvgIpc) is 2.88. The van der Waals surface area contributed by atoms with E-state index in [1.807, 2.05) is 11.8 Å². The van der Waals surface area contributed by atoms with Gasteiger partial charge in [0.05, 0.1) is 11.6 Å². The van der Waals surface area contributed by atoms with Crippen LogP contribution in [0.2, 0.25) is 0 Å². The smallest absolute Gasteiger partial charge is 0.415 e. The number of nitrogens with one attached hydrogen (secondary N) is 1. The minimum Gasteiger partial charge on any atom is -0.444 e. The standard InChI is InChI=1S/C28H38N6O3/c1-4-34-26-24(18-37-28(34)36)17-29-27(31-26)30-19(2)22-8-10-23(11-9-22)25(16-21-6-5-7-21)33-14-12-32(13-15-33)20(3)35/h8-11,17,19,21,25H,4-7,12-16,18H2,1-3H3,(H,29,30,31)/t19-,25?/m0/s1. The number of nitrogens with zero attached hydrogens (tertiary/aromatic N) is 5. The van der Waals surface area contributed by atoms with Crippen molar-refractivity contribution in [3.63, 3.8) is 0 Å². The highest BCUT2D eigenvalue weighted by Crippen LogP contribution is 2.38. The second kappa shape index (κ2) is 11.0. The maximum atomic E-state index is 12.1. The number of anilines is 2. The van der Waals surface area contributed by atoms with Gasteiger partial charge in [0, 0.05) is 51.9 Å². The number of aromatic nitrogens is 2. The van der Waals surface area contributed by atoms with Gasteiger partial charge in [-0.25, -0.2) is 9.78 Å². The van der Waals surface area contributed by atoms with Crippen molar-refractivity contribution >= 4 is 23.8 Å². The lowest BCUT2D eigenvalue weighted by Gasteiger charge is -2.41. The second-order valence-electron chi connectivity index (χ2n) is 10.5. The Hall–Kier alpha value is -3.20. The topological polar surface area (TPSA) is 90.9 Å². The first kappa shape index (κ1) is 25.4. The van der Waals surface area contributed by atoms with Crippen LogP contribution in [0.1, 0.15) is 75.2 Å². The molecular weight excluding hydrogens is 468 g/mol. The third-order valence-corrected chi connectivity index (χ3v) is 8.13. The summed E-state index contributed by atoms with van der Waals surface area (Å²) in [4.78, 5) is 39.0. The number of piperazine rings is 1. The van der Waals surface area contributed by atoms with Gasteiger partial charge in [-0.2, -0.15) is 4.98 Å². The molecular formula is C28H38N6O3. The molecule has 9 nitrogen and oxygen atoms in total. The maximum absolute atomic E-state index is 12.1. The Balaban J connectivity index is 1.28. The van der Waals surface area contributed by atoms with E-state index in [1.54, 1.807) is 13.1 Å². The van der Waals surface area contributed by atoms with Gasteiger partial charge in [0.25, 0.3) is 0 Å². The minimum atomic E-state index is -0.373. The van der Waals surface area contributed by atoms with Crippen molar-refractivity contribution in [1.29, 1.82) is 0 Å². The fourth-order valence-corrected chi connectivity index (χ4v) is 5.56. The lowest BCUT2D eigenvalue weighted by molar-refractivity contribution is -0.131. The van der Waals surface area contributed by atoms with Gasteiger partial charge >= 0.3 is 6.09 Å². The Kier molecular flexibility index (Phi) is 7.60. The molecule has 5 rings (SSSR count). The fourth-order valence-electron chi connectivity index (χ4n) is 5.56. The van der Waals surface area contributed by atoms with E-state index in [1.165, 1.54) is 36.1 Å². The summed E-state index contributed by atoms with van der Waals surface area (Å²) in [5.41, 5.74) is 3.31. The molecule has 1 aromatic heterocycles. The molecule has 2 amide bonds. The van der Waals surface area contributed by atoms with E-state index in [-0.39, 0.29) is 24.6 Å². The normalized spacial score (nSPS) is 20.0. The van der Waals surface area contributed by atoms with Crippen LogP contribution in [0, 0.1) is 5.92 Å². The molecule has 1 saturated heterocycles. The summed E-state index contributed by atoms with van der Waals surface area (Å²) in [5, 5.41) is 3.40. The van der Waals surface area contributed by atoms with Crippen LogP contribution in [0.5, 0.6) is 0 Å². The first-order valence-electron chi connectivity index (χ1n) is 13.6.